The van der Waals surface area contributed by atoms with Gasteiger partial charge in [0.25, 0.3) is 10.0 Å². The summed E-state index contributed by atoms with van der Waals surface area (Å²) >= 11 is 20.9. The quantitative estimate of drug-likeness (QED) is 0.684. The van der Waals surface area contributed by atoms with E-state index in [1.54, 1.807) is 6.07 Å². The van der Waals surface area contributed by atoms with Crippen molar-refractivity contribution in [3.8, 4) is 0 Å². The van der Waals surface area contributed by atoms with Crippen LogP contribution < -0.4 is 4.31 Å². The fraction of sp³-hybridized carbons (Fsp3) is 0.0714. The summed E-state index contributed by atoms with van der Waals surface area (Å²) in [5.74, 6) is -1.34. The monoisotopic (exact) mass is 471 g/mol. The van der Waals surface area contributed by atoms with Crippen LogP contribution in [0.25, 0.3) is 0 Å². The molecule has 0 radical (unpaired) electrons. The molecule has 0 amide bonds. The number of carboxylic acid groups (broad SMARTS) is 1. The van der Waals surface area contributed by atoms with E-state index in [1.165, 1.54) is 24.3 Å². The third kappa shape index (κ3) is 4.15. The number of carboxylic acids is 1. The van der Waals surface area contributed by atoms with Gasteiger partial charge in [0, 0.05) is 4.47 Å². The van der Waals surface area contributed by atoms with Gasteiger partial charge in [0.15, 0.2) is 0 Å². The second kappa shape index (κ2) is 7.49. The summed E-state index contributed by atoms with van der Waals surface area (Å²) in [5, 5.41) is 9.39. The standard InChI is InChI=1S/C14H9BrCl3NO4S/c15-8-1-4-13(12(18)5-8)19(7-14(20)21)24(22,23)9-2-3-10(16)11(17)6-9/h1-6H,7H2,(H,20,21). The maximum Gasteiger partial charge on any atom is 0.324 e. The number of hydrogen-bond donors (Lipinski definition) is 1. The first-order valence-electron chi connectivity index (χ1n) is 6.27. The van der Waals surface area contributed by atoms with Crippen LogP contribution in [0, 0.1) is 0 Å². The maximum atomic E-state index is 12.9. The highest BCUT2D eigenvalue weighted by Crippen LogP contribution is 2.34. The van der Waals surface area contributed by atoms with E-state index in [-0.39, 0.29) is 25.7 Å². The fourth-order valence-electron chi connectivity index (χ4n) is 1.87. The maximum absolute atomic E-state index is 12.9. The summed E-state index contributed by atoms with van der Waals surface area (Å²) in [6, 6.07) is 8.14. The van der Waals surface area contributed by atoms with Crippen LogP contribution in [0.3, 0.4) is 0 Å². The van der Waals surface area contributed by atoms with Crippen LogP contribution in [0.1, 0.15) is 0 Å². The molecule has 2 aromatic carbocycles. The lowest BCUT2D eigenvalue weighted by atomic mass is 10.3. The Balaban J connectivity index is 2.61. The normalized spacial score (nSPS) is 11.3. The number of carbonyl (C=O) groups is 1. The Morgan fingerprint density at radius 3 is 2.25 bits per heavy atom. The Kier molecular flexibility index (Phi) is 6.04. The summed E-state index contributed by atoms with van der Waals surface area (Å²) in [6.45, 7) is -0.802. The van der Waals surface area contributed by atoms with Crippen molar-refractivity contribution in [2.75, 3.05) is 10.8 Å². The number of anilines is 1. The van der Waals surface area contributed by atoms with Gasteiger partial charge in [-0.25, -0.2) is 8.42 Å². The van der Waals surface area contributed by atoms with Gasteiger partial charge >= 0.3 is 5.97 Å². The molecule has 0 saturated heterocycles. The number of sulfonamides is 1. The molecule has 0 aromatic heterocycles. The molecule has 128 valence electrons. The highest BCUT2D eigenvalue weighted by atomic mass is 79.9. The lowest BCUT2D eigenvalue weighted by Crippen LogP contribution is -2.36. The second-order valence-corrected chi connectivity index (χ2v) is 8.58. The van der Waals surface area contributed by atoms with Gasteiger partial charge in [0.05, 0.1) is 25.7 Å². The number of benzene rings is 2. The molecule has 0 aliphatic carbocycles. The zero-order valence-electron chi connectivity index (χ0n) is 11.7. The topological polar surface area (TPSA) is 74.7 Å². The minimum Gasteiger partial charge on any atom is -0.480 e. The lowest BCUT2D eigenvalue weighted by molar-refractivity contribution is -0.135. The molecule has 10 heteroatoms. The Morgan fingerprint density at radius 1 is 1.04 bits per heavy atom. The fourth-order valence-corrected chi connectivity index (χ4v) is 4.52. The van der Waals surface area contributed by atoms with Crippen LogP contribution in [0.2, 0.25) is 15.1 Å². The molecule has 0 spiro atoms. The Bertz CT molecular complexity index is 905. The molecular weight excluding hydrogens is 464 g/mol. The van der Waals surface area contributed by atoms with Crippen molar-refractivity contribution >= 4 is 72.4 Å². The summed E-state index contributed by atoms with van der Waals surface area (Å²) in [4.78, 5) is 11.0. The minimum atomic E-state index is -4.21. The van der Waals surface area contributed by atoms with E-state index in [1.807, 2.05) is 0 Å². The first kappa shape index (κ1) is 19.3. The van der Waals surface area contributed by atoms with E-state index in [0.717, 1.165) is 6.07 Å². The SMILES string of the molecule is O=C(O)CN(c1ccc(Br)cc1Cl)S(=O)(=O)c1ccc(Cl)c(Cl)c1. The minimum absolute atomic E-state index is 0.0355. The van der Waals surface area contributed by atoms with Gasteiger partial charge in [-0.3, -0.25) is 9.10 Å². The molecular formula is C14H9BrCl3NO4S. The number of halogens is 4. The summed E-state index contributed by atoms with van der Waals surface area (Å²) < 4.78 is 27.0. The highest BCUT2D eigenvalue weighted by molar-refractivity contribution is 9.10. The van der Waals surface area contributed by atoms with Crippen LogP contribution in [0.5, 0.6) is 0 Å². The first-order chi connectivity index (χ1) is 11.1. The summed E-state index contributed by atoms with van der Waals surface area (Å²) in [7, 11) is -4.21. The van der Waals surface area contributed by atoms with Gasteiger partial charge in [-0.2, -0.15) is 0 Å². The van der Waals surface area contributed by atoms with Crippen LogP contribution in [-0.4, -0.2) is 26.0 Å². The Labute approximate surface area is 161 Å². The Hall–Kier alpha value is -0.990. The first-order valence-corrected chi connectivity index (χ1v) is 9.64. The van der Waals surface area contributed by atoms with Gasteiger partial charge in [-0.05, 0) is 36.4 Å². The molecule has 0 aliphatic heterocycles. The predicted molar refractivity (Wildman–Crippen MR) is 97.8 cm³/mol. The average Bonchev–Trinajstić information content (AvgIpc) is 2.48. The van der Waals surface area contributed by atoms with E-state index in [2.05, 4.69) is 15.9 Å². The van der Waals surface area contributed by atoms with Crippen molar-refractivity contribution in [1.29, 1.82) is 0 Å². The van der Waals surface area contributed by atoms with Crippen molar-refractivity contribution in [2.24, 2.45) is 0 Å². The van der Waals surface area contributed by atoms with Crippen LogP contribution in [0.4, 0.5) is 5.69 Å². The third-order valence-corrected chi connectivity index (χ3v) is 6.23. The largest absolute Gasteiger partial charge is 0.480 e. The molecule has 0 atom stereocenters. The van der Waals surface area contributed by atoms with E-state index in [9.17, 15) is 13.2 Å². The van der Waals surface area contributed by atoms with E-state index < -0.39 is 22.5 Å². The molecule has 1 N–H and O–H groups in total. The van der Waals surface area contributed by atoms with Gasteiger partial charge in [0.1, 0.15) is 6.54 Å². The van der Waals surface area contributed by atoms with Crippen LogP contribution in [0.15, 0.2) is 45.8 Å². The molecule has 5 nitrogen and oxygen atoms in total. The smallest absolute Gasteiger partial charge is 0.324 e. The zero-order chi connectivity index (χ0) is 18.1. The van der Waals surface area contributed by atoms with Gasteiger partial charge < -0.3 is 5.11 Å². The van der Waals surface area contributed by atoms with Crippen molar-refractivity contribution in [1.82, 2.24) is 0 Å². The molecule has 0 heterocycles. The van der Waals surface area contributed by atoms with Crippen molar-refractivity contribution in [2.45, 2.75) is 4.90 Å². The number of hydrogen-bond acceptors (Lipinski definition) is 3. The van der Waals surface area contributed by atoms with E-state index in [0.29, 0.717) is 8.78 Å². The summed E-state index contributed by atoms with van der Waals surface area (Å²) in [5.41, 5.74) is 0.0355. The number of aliphatic carboxylic acids is 1. The van der Waals surface area contributed by atoms with Gasteiger partial charge in [-0.1, -0.05) is 50.7 Å². The van der Waals surface area contributed by atoms with Crippen molar-refractivity contribution in [3.63, 3.8) is 0 Å². The molecule has 2 aromatic rings. The van der Waals surface area contributed by atoms with Gasteiger partial charge in [0.2, 0.25) is 0 Å². The molecule has 0 fully saturated rings. The van der Waals surface area contributed by atoms with E-state index in [4.69, 9.17) is 39.9 Å². The van der Waals surface area contributed by atoms with Crippen molar-refractivity contribution in [3.05, 3.63) is 55.9 Å². The third-order valence-electron chi connectivity index (χ3n) is 2.94. The molecule has 0 bridgehead atoms. The Morgan fingerprint density at radius 2 is 1.71 bits per heavy atom. The highest BCUT2D eigenvalue weighted by Gasteiger charge is 2.29. The zero-order valence-corrected chi connectivity index (χ0v) is 16.4. The van der Waals surface area contributed by atoms with Crippen LogP contribution in [-0.2, 0) is 14.8 Å². The molecule has 0 aliphatic rings. The van der Waals surface area contributed by atoms with Gasteiger partial charge in [-0.15, -0.1) is 0 Å². The molecule has 0 unspecified atom stereocenters. The number of nitrogens with zero attached hydrogens (tertiary/aromatic N) is 1. The average molecular weight is 474 g/mol. The second-order valence-electron chi connectivity index (χ2n) is 4.58. The summed E-state index contributed by atoms with van der Waals surface area (Å²) in [6.07, 6.45) is 0. The molecule has 2 rings (SSSR count). The lowest BCUT2D eigenvalue weighted by Gasteiger charge is -2.24. The molecule has 0 saturated carbocycles. The predicted octanol–water partition coefficient (Wildman–Crippen LogP) is 4.69. The number of rotatable bonds is 5. The molecule has 24 heavy (non-hydrogen) atoms. The van der Waals surface area contributed by atoms with Crippen LogP contribution >= 0.6 is 50.7 Å². The van der Waals surface area contributed by atoms with Crippen molar-refractivity contribution < 1.29 is 18.3 Å². The van der Waals surface area contributed by atoms with E-state index >= 15 is 0 Å².